The van der Waals surface area contributed by atoms with Crippen LogP contribution in [0.5, 0.6) is 0 Å². The number of nitrogens with zero attached hydrogens (tertiary/aromatic N) is 1. The number of hydrogen-bond donors (Lipinski definition) is 0. The van der Waals surface area contributed by atoms with Gasteiger partial charge in [-0.05, 0) is 98.0 Å². The van der Waals surface area contributed by atoms with Crippen molar-refractivity contribution in [3.63, 3.8) is 0 Å². The highest BCUT2D eigenvalue weighted by Gasteiger charge is 2.19. The lowest BCUT2D eigenvalue weighted by atomic mass is 9.90. The SMILES string of the molecule is C1=CC(c2ccc(-c3ccccc3)cc2)CC=C1N(c1ccc(-c2ccc(-c3ccccc3)cc2)cc1)c1ccc(-c2ccc(-c3ccccc3)cc2)cc1. The molecule has 0 N–H and O–H groups in total. The Bertz CT molecular complexity index is 2400. The molecule has 0 saturated heterocycles. The third-order valence-electron chi connectivity index (χ3n) is 10.7. The second-order valence-corrected chi connectivity index (χ2v) is 14.1. The summed E-state index contributed by atoms with van der Waals surface area (Å²) in [7, 11) is 0. The Morgan fingerprint density at radius 3 is 0.909 bits per heavy atom. The maximum atomic E-state index is 2.39. The van der Waals surface area contributed by atoms with Crippen molar-refractivity contribution < 1.29 is 0 Å². The molecule has 8 aromatic carbocycles. The summed E-state index contributed by atoms with van der Waals surface area (Å²) in [5.74, 6) is 0.331. The molecule has 8 aromatic rings. The average molecular weight is 704 g/mol. The molecular weight excluding hydrogens is 663 g/mol. The summed E-state index contributed by atoms with van der Waals surface area (Å²) in [6.45, 7) is 0. The van der Waals surface area contributed by atoms with Crippen molar-refractivity contribution in [1.82, 2.24) is 0 Å². The van der Waals surface area contributed by atoms with Crippen LogP contribution in [-0.2, 0) is 0 Å². The summed E-state index contributed by atoms with van der Waals surface area (Å²) >= 11 is 0. The van der Waals surface area contributed by atoms with Gasteiger partial charge in [0, 0.05) is 23.0 Å². The van der Waals surface area contributed by atoms with E-state index < -0.39 is 0 Å². The van der Waals surface area contributed by atoms with E-state index >= 15 is 0 Å². The van der Waals surface area contributed by atoms with Gasteiger partial charge < -0.3 is 4.90 Å². The smallest absolute Gasteiger partial charge is 0.0461 e. The molecule has 1 aliphatic rings. The summed E-state index contributed by atoms with van der Waals surface area (Å²) in [6.07, 6.45) is 7.99. The van der Waals surface area contributed by atoms with E-state index in [2.05, 4.69) is 235 Å². The van der Waals surface area contributed by atoms with Gasteiger partial charge in [0.25, 0.3) is 0 Å². The van der Waals surface area contributed by atoms with Gasteiger partial charge in [-0.15, -0.1) is 0 Å². The Balaban J connectivity index is 0.989. The fraction of sp³-hybridized carbons (Fsp3) is 0.0370. The van der Waals surface area contributed by atoms with Crippen LogP contribution in [0, 0.1) is 0 Å². The van der Waals surface area contributed by atoms with E-state index in [0.29, 0.717) is 5.92 Å². The molecule has 1 nitrogen and oxygen atoms in total. The highest BCUT2D eigenvalue weighted by molar-refractivity contribution is 5.78. The van der Waals surface area contributed by atoms with Crippen LogP contribution in [0.15, 0.2) is 236 Å². The minimum absolute atomic E-state index is 0.331. The lowest BCUT2D eigenvalue weighted by Gasteiger charge is -2.29. The van der Waals surface area contributed by atoms with Gasteiger partial charge in [-0.1, -0.05) is 200 Å². The van der Waals surface area contributed by atoms with Crippen molar-refractivity contribution in [2.45, 2.75) is 12.3 Å². The van der Waals surface area contributed by atoms with Gasteiger partial charge in [-0.3, -0.25) is 0 Å². The molecular formula is C54H41N. The monoisotopic (exact) mass is 703 g/mol. The summed E-state index contributed by atoms with van der Waals surface area (Å²) < 4.78 is 0. The van der Waals surface area contributed by atoms with Crippen LogP contribution in [0.3, 0.4) is 0 Å². The molecule has 262 valence electrons. The zero-order valence-corrected chi connectivity index (χ0v) is 30.7. The van der Waals surface area contributed by atoms with Gasteiger partial charge in [0.1, 0.15) is 0 Å². The fourth-order valence-corrected chi connectivity index (χ4v) is 7.60. The first-order chi connectivity index (χ1) is 27.2. The third-order valence-corrected chi connectivity index (χ3v) is 10.7. The zero-order valence-electron chi connectivity index (χ0n) is 30.7. The van der Waals surface area contributed by atoms with E-state index in [1.54, 1.807) is 0 Å². The largest absolute Gasteiger partial charge is 0.311 e. The zero-order chi connectivity index (χ0) is 36.8. The molecule has 1 atom stereocenters. The molecule has 0 radical (unpaired) electrons. The average Bonchev–Trinajstić information content (AvgIpc) is 3.28. The van der Waals surface area contributed by atoms with Crippen molar-refractivity contribution in [3.8, 4) is 55.6 Å². The number of benzene rings is 8. The van der Waals surface area contributed by atoms with Gasteiger partial charge in [-0.25, -0.2) is 0 Å². The highest BCUT2D eigenvalue weighted by atomic mass is 15.1. The molecule has 0 aromatic heterocycles. The van der Waals surface area contributed by atoms with E-state index in [4.69, 9.17) is 0 Å². The molecule has 0 bridgehead atoms. The van der Waals surface area contributed by atoms with Crippen LogP contribution in [0.25, 0.3) is 55.6 Å². The van der Waals surface area contributed by atoms with Crippen molar-refractivity contribution in [2.24, 2.45) is 0 Å². The Hall–Kier alpha value is -6.96. The molecule has 9 rings (SSSR count). The lowest BCUT2D eigenvalue weighted by molar-refractivity contribution is 0.840. The van der Waals surface area contributed by atoms with Crippen LogP contribution < -0.4 is 4.90 Å². The molecule has 0 amide bonds. The van der Waals surface area contributed by atoms with Crippen LogP contribution in [-0.4, -0.2) is 0 Å². The van der Waals surface area contributed by atoms with E-state index in [1.807, 2.05) is 0 Å². The van der Waals surface area contributed by atoms with E-state index in [-0.39, 0.29) is 0 Å². The number of hydrogen-bond acceptors (Lipinski definition) is 1. The van der Waals surface area contributed by atoms with Crippen LogP contribution >= 0.6 is 0 Å². The van der Waals surface area contributed by atoms with Crippen molar-refractivity contribution in [1.29, 1.82) is 0 Å². The van der Waals surface area contributed by atoms with Crippen LogP contribution in [0.1, 0.15) is 17.9 Å². The molecule has 1 aliphatic carbocycles. The topological polar surface area (TPSA) is 3.24 Å². The summed E-state index contributed by atoms with van der Waals surface area (Å²) in [5, 5.41) is 0. The second-order valence-electron chi connectivity index (χ2n) is 14.1. The summed E-state index contributed by atoms with van der Waals surface area (Å²) in [5.41, 5.74) is 17.0. The predicted octanol–water partition coefficient (Wildman–Crippen LogP) is 14.8. The Morgan fingerprint density at radius 2 is 0.600 bits per heavy atom. The molecule has 0 spiro atoms. The number of allylic oxidation sites excluding steroid dienone is 3. The first kappa shape index (κ1) is 33.8. The number of rotatable bonds is 9. The minimum Gasteiger partial charge on any atom is -0.311 e. The standard InChI is InChI=1S/C54H41N/c1-4-10-40(11-5-1)43-16-22-46(23-17-43)49-28-34-52(35-29-49)55(53-36-30-50(31-37-53)47-24-18-44(19-25-47)41-12-6-2-7-13-41)54-38-32-51(33-39-54)48-26-20-45(21-27-48)42-14-8-3-9-15-42/h1-32,34-39,51H,33H2. The molecule has 0 aliphatic heterocycles. The van der Waals surface area contributed by atoms with Crippen LogP contribution in [0.4, 0.5) is 11.4 Å². The molecule has 1 unspecified atom stereocenters. The van der Waals surface area contributed by atoms with Crippen molar-refractivity contribution in [3.05, 3.63) is 242 Å². The van der Waals surface area contributed by atoms with Gasteiger partial charge in [0.15, 0.2) is 0 Å². The van der Waals surface area contributed by atoms with E-state index in [0.717, 1.165) is 17.8 Å². The first-order valence-corrected chi connectivity index (χ1v) is 19.1. The summed E-state index contributed by atoms with van der Waals surface area (Å²) in [4.78, 5) is 2.38. The highest BCUT2D eigenvalue weighted by Crippen LogP contribution is 2.38. The van der Waals surface area contributed by atoms with Crippen LogP contribution in [0.2, 0.25) is 0 Å². The predicted molar refractivity (Wildman–Crippen MR) is 233 cm³/mol. The Morgan fingerprint density at radius 1 is 0.309 bits per heavy atom. The lowest BCUT2D eigenvalue weighted by Crippen LogP contribution is -2.17. The van der Waals surface area contributed by atoms with Crippen molar-refractivity contribution >= 4 is 11.4 Å². The first-order valence-electron chi connectivity index (χ1n) is 19.1. The normalized spacial score (nSPS) is 13.6. The Kier molecular flexibility index (Phi) is 9.58. The minimum atomic E-state index is 0.331. The molecule has 55 heavy (non-hydrogen) atoms. The van der Waals surface area contributed by atoms with Crippen molar-refractivity contribution in [2.75, 3.05) is 4.90 Å². The van der Waals surface area contributed by atoms with E-state index in [9.17, 15) is 0 Å². The second kappa shape index (κ2) is 15.6. The maximum absolute atomic E-state index is 2.39. The quantitative estimate of drug-likeness (QED) is 0.145. The third kappa shape index (κ3) is 7.47. The molecule has 1 heteroatoms. The van der Waals surface area contributed by atoms with Gasteiger partial charge in [0.2, 0.25) is 0 Å². The molecule has 0 heterocycles. The molecule has 0 fully saturated rings. The Labute approximate surface area is 324 Å². The van der Waals surface area contributed by atoms with Gasteiger partial charge >= 0.3 is 0 Å². The van der Waals surface area contributed by atoms with E-state index in [1.165, 1.54) is 66.9 Å². The van der Waals surface area contributed by atoms with Gasteiger partial charge in [0.05, 0.1) is 0 Å². The number of anilines is 2. The maximum Gasteiger partial charge on any atom is 0.0461 e. The van der Waals surface area contributed by atoms with Gasteiger partial charge in [-0.2, -0.15) is 0 Å². The molecule has 0 saturated carbocycles. The summed E-state index contributed by atoms with van der Waals surface area (Å²) in [6, 6.07) is 76.5. The fourth-order valence-electron chi connectivity index (χ4n) is 7.60.